The summed E-state index contributed by atoms with van der Waals surface area (Å²) < 4.78 is 1.74. The summed E-state index contributed by atoms with van der Waals surface area (Å²) in [5.74, 6) is 0.153. The SMILES string of the molecule is CCc1nn(C)c(Cl)c1CNC[C@H]1CN(C(=O)c2ccccc2)[C@H]2CCN1C2. The van der Waals surface area contributed by atoms with Gasteiger partial charge in [-0.2, -0.15) is 5.10 Å². The third-order valence-electron chi connectivity index (χ3n) is 6.01. The molecule has 0 spiro atoms. The number of rotatable bonds is 6. The second-order valence-corrected chi connectivity index (χ2v) is 8.10. The highest BCUT2D eigenvalue weighted by Gasteiger charge is 2.40. The Morgan fingerprint density at radius 1 is 1.29 bits per heavy atom. The molecule has 1 aromatic heterocycles. The Bertz CT molecular complexity index is 837. The molecule has 150 valence electrons. The monoisotopic (exact) mass is 401 g/mol. The van der Waals surface area contributed by atoms with E-state index in [2.05, 4.69) is 27.1 Å². The zero-order valence-corrected chi connectivity index (χ0v) is 17.3. The Morgan fingerprint density at radius 2 is 2.07 bits per heavy atom. The summed E-state index contributed by atoms with van der Waals surface area (Å²) >= 11 is 6.41. The van der Waals surface area contributed by atoms with Crippen LogP contribution in [0.25, 0.3) is 0 Å². The minimum absolute atomic E-state index is 0.153. The van der Waals surface area contributed by atoms with Crippen LogP contribution in [0.2, 0.25) is 5.15 Å². The van der Waals surface area contributed by atoms with E-state index in [1.165, 1.54) is 0 Å². The van der Waals surface area contributed by atoms with Gasteiger partial charge < -0.3 is 10.2 Å². The van der Waals surface area contributed by atoms with Gasteiger partial charge in [0.15, 0.2) is 0 Å². The van der Waals surface area contributed by atoms with Crippen molar-refractivity contribution in [1.82, 2.24) is 24.9 Å². The van der Waals surface area contributed by atoms with Gasteiger partial charge in [-0.3, -0.25) is 14.4 Å². The number of halogens is 1. The lowest BCUT2D eigenvalue weighted by atomic mass is 10.1. The molecule has 0 radical (unpaired) electrons. The summed E-state index contributed by atoms with van der Waals surface area (Å²) in [5.41, 5.74) is 2.91. The second kappa shape index (κ2) is 8.23. The maximum atomic E-state index is 13.0. The standard InChI is InChI=1S/C21H28ClN5O/c1-3-19-18(20(22)25(2)24-19)12-23-11-17-14-27(16-9-10-26(17)13-16)21(28)15-7-5-4-6-8-15/h4-8,16-17,23H,3,9-14H2,1-2H3/t16-,17-/m0/s1. The van der Waals surface area contributed by atoms with E-state index in [4.69, 9.17) is 11.6 Å². The van der Waals surface area contributed by atoms with E-state index in [0.717, 1.165) is 55.8 Å². The van der Waals surface area contributed by atoms with Crippen LogP contribution in [0.4, 0.5) is 0 Å². The van der Waals surface area contributed by atoms with Crippen molar-refractivity contribution in [2.24, 2.45) is 7.05 Å². The smallest absolute Gasteiger partial charge is 0.254 e. The second-order valence-electron chi connectivity index (χ2n) is 7.74. The Kier molecular flexibility index (Phi) is 5.71. The number of nitrogens with one attached hydrogen (secondary N) is 1. The van der Waals surface area contributed by atoms with Gasteiger partial charge in [0.1, 0.15) is 5.15 Å². The van der Waals surface area contributed by atoms with Crippen molar-refractivity contribution in [3.05, 3.63) is 52.3 Å². The maximum Gasteiger partial charge on any atom is 0.254 e. The van der Waals surface area contributed by atoms with Crippen molar-refractivity contribution in [2.75, 3.05) is 26.2 Å². The van der Waals surface area contributed by atoms with Gasteiger partial charge in [-0.15, -0.1) is 0 Å². The van der Waals surface area contributed by atoms with Gasteiger partial charge >= 0.3 is 0 Å². The van der Waals surface area contributed by atoms with Crippen molar-refractivity contribution < 1.29 is 4.79 Å². The molecule has 2 bridgehead atoms. The van der Waals surface area contributed by atoms with Crippen molar-refractivity contribution >= 4 is 17.5 Å². The van der Waals surface area contributed by atoms with Crippen molar-refractivity contribution in [1.29, 1.82) is 0 Å². The molecule has 1 aromatic carbocycles. The number of nitrogens with zero attached hydrogens (tertiary/aromatic N) is 4. The molecular weight excluding hydrogens is 374 g/mol. The van der Waals surface area contributed by atoms with Gasteiger partial charge in [-0.1, -0.05) is 36.7 Å². The fourth-order valence-electron chi connectivity index (χ4n) is 4.46. The topological polar surface area (TPSA) is 53.4 Å². The first kappa shape index (κ1) is 19.4. The van der Waals surface area contributed by atoms with Gasteiger partial charge in [0.05, 0.1) is 5.69 Å². The largest absolute Gasteiger partial charge is 0.333 e. The Balaban J connectivity index is 1.40. The molecular formula is C21H28ClN5O. The molecule has 2 aliphatic rings. The summed E-state index contributed by atoms with van der Waals surface area (Å²) in [5, 5.41) is 8.75. The van der Waals surface area contributed by atoms with Gasteiger partial charge in [0.2, 0.25) is 0 Å². The van der Waals surface area contributed by atoms with E-state index in [-0.39, 0.29) is 5.91 Å². The molecule has 1 N–H and O–H groups in total. The Hall–Kier alpha value is -1.89. The third kappa shape index (κ3) is 3.69. The molecule has 2 aromatic rings. The molecule has 2 fully saturated rings. The predicted octanol–water partition coefficient (Wildman–Crippen LogP) is 2.32. The summed E-state index contributed by atoms with van der Waals surface area (Å²) in [6, 6.07) is 10.3. The first-order valence-electron chi connectivity index (χ1n) is 10.1. The van der Waals surface area contributed by atoms with E-state index in [1.54, 1.807) is 4.68 Å². The molecule has 2 saturated heterocycles. The van der Waals surface area contributed by atoms with E-state index in [9.17, 15) is 4.79 Å². The predicted molar refractivity (Wildman–Crippen MR) is 111 cm³/mol. The van der Waals surface area contributed by atoms with Crippen LogP contribution in [0.5, 0.6) is 0 Å². The molecule has 1 unspecified atom stereocenters. The molecule has 3 heterocycles. The Morgan fingerprint density at radius 3 is 2.82 bits per heavy atom. The number of benzene rings is 1. The highest BCUT2D eigenvalue weighted by molar-refractivity contribution is 6.30. The zero-order chi connectivity index (χ0) is 19.7. The number of carbonyl (C=O) groups excluding carboxylic acids is 1. The van der Waals surface area contributed by atoms with Gasteiger partial charge in [-0.05, 0) is 25.0 Å². The first-order valence-corrected chi connectivity index (χ1v) is 10.5. The summed E-state index contributed by atoms with van der Waals surface area (Å²) in [6.07, 6.45) is 1.93. The lowest BCUT2D eigenvalue weighted by Crippen LogP contribution is -2.57. The fraction of sp³-hybridized carbons (Fsp3) is 0.524. The average molecular weight is 402 g/mol. The lowest BCUT2D eigenvalue weighted by molar-refractivity contribution is 0.0495. The minimum Gasteiger partial charge on any atom is -0.333 e. The average Bonchev–Trinajstić information content (AvgIpc) is 3.26. The Labute approximate surface area is 171 Å². The third-order valence-corrected chi connectivity index (χ3v) is 6.48. The van der Waals surface area contributed by atoms with Gasteiger partial charge in [-0.25, -0.2) is 0 Å². The molecule has 2 aliphatic heterocycles. The van der Waals surface area contributed by atoms with E-state index >= 15 is 0 Å². The van der Waals surface area contributed by atoms with Gasteiger partial charge in [0, 0.05) is 63.0 Å². The molecule has 6 nitrogen and oxygen atoms in total. The highest BCUT2D eigenvalue weighted by atomic mass is 35.5. The van der Waals surface area contributed by atoms with Crippen LogP contribution < -0.4 is 5.32 Å². The quantitative estimate of drug-likeness (QED) is 0.807. The fourth-order valence-corrected chi connectivity index (χ4v) is 4.67. The van der Waals surface area contributed by atoms with Crippen LogP contribution in [0, 0.1) is 0 Å². The number of hydrogen-bond donors (Lipinski definition) is 1. The molecule has 1 amide bonds. The molecule has 4 rings (SSSR count). The normalized spacial score (nSPS) is 24.0. The minimum atomic E-state index is 0.153. The molecule has 0 saturated carbocycles. The van der Waals surface area contributed by atoms with Gasteiger partial charge in [0.25, 0.3) is 5.91 Å². The van der Waals surface area contributed by atoms with Crippen LogP contribution in [-0.2, 0) is 20.0 Å². The molecule has 0 aliphatic carbocycles. The number of piperazine rings is 1. The zero-order valence-electron chi connectivity index (χ0n) is 16.6. The number of aryl methyl sites for hydroxylation is 2. The van der Waals surface area contributed by atoms with E-state index in [1.807, 2.05) is 37.4 Å². The van der Waals surface area contributed by atoms with Crippen molar-refractivity contribution in [2.45, 2.75) is 38.4 Å². The van der Waals surface area contributed by atoms with Crippen LogP contribution in [0.15, 0.2) is 30.3 Å². The first-order chi connectivity index (χ1) is 13.6. The van der Waals surface area contributed by atoms with Crippen molar-refractivity contribution in [3.8, 4) is 0 Å². The number of carbonyl (C=O) groups is 1. The molecule has 3 atom stereocenters. The number of amides is 1. The van der Waals surface area contributed by atoms with Crippen LogP contribution in [0.3, 0.4) is 0 Å². The van der Waals surface area contributed by atoms with Crippen molar-refractivity contribution in [3.63, 3.8) is 0 Å². The van der Waals surface area contributed by atoms with Crippen LogP contribution in [0.1, 0.15) is 35.0 Å². The number of aromatic nitrogens is 2. The number of fused-ring (bicyclic) bond motifs is 2. The van der Waals surface area contributed by atoms with Crippen LogP contribution >= 0.6 is 11.6 Å². The molecule has 7 heteroatoms. The van der Waals surface area contributed by atoms with E-state index in [0.29, 0.717) is 23.8 Å². The summed E-state index contributed by atoms with van der Waals surface area (Å²) in [6.45, 7) is 6.44. The number of hydrogen-bond acceptors (Lipinski definition) is 4. The van der Waals surface area contributed by atoms with Crippen LogP contribution in [-0.4, -0.2) is 63.8 Å². The lowest BCUT2D eigenvalue weighted by Gasteiger charge is -2.40. The molecule has 28 heavy (non-hydrogen) atoms. The summed E-state index contributed by atoms with van der Waals surface area (Å²) in [4.78, 5) is 17.6. The highest BCUT2D eigenvalue weighted by Crippen LogP contribution is 2.26. The maximum absolute atomic E-state index is 13.0. The summed E-state index contributed by atoms with van der Waals surface area (Å²) in [7, 11) is 1.88. The van der Waals surface area contributed by atoms with E-state index < -0.39 is 0 Å².